The Bertz CT molecular complexity index is 749. The topological polar surface area (TPSA) is 151 Å². The van der Waals surface area contributed by atoms with Gasteiger partial charge in [-0.15, -0.1) is 0 Å². The van der Waals surface area contributed by atoms with Crippen LogP contribution in [0.1, 0.15) is 31.2 Å². The van der Waals surface area contributed by atoms with Crippen molar-refractivity contribution in [1.82, 2.24) is 10.2 Å². The molecule has 30 heavy (non-hydrogen) atoms. The van der Waals surface area contributed by atoms with Crippen LogP contribution in [0.25, 0.3) is 0 Å². The van der Waals surface area contributed by atoms with Gasteiger partial charge in [-0.1, -0.05) is 30.3 Å². The molecule has 0 spiro atoms. The summed E-state index contributed by atoms with van der Waals surface area (Å²) in [5.41, 5.74) is 11.7. The molecule has 1 aliphatic rings. The SMILES string of the molecule is NC(N)=NCCCC(=O)NCC1CN(CCCc2ccccc2)C(=O)C1CC(=O)O. The molecule has 0 aliphatic carbocycles. The zero-order chi connectivity index (χ0) is 21.9. The standard InChI is InChI=1S/C21H31N5O4/c22-21(23)24-10-4-9-18(27)25-13-16-14-26(20(30)17(16)12-19(28)29)11-5-8-15-6-2-1-3-7-15/h1-3,6-7,16-17H,4-5,8-14H2,(H,25,27)(H,28,29)(H4,22,23,24). The number of nitrogens with two attached hydrogens (primary N) is 2. The summed E-state index contributed by atoms with van der Waals surface area (Å²) in [6.45, 7) is 1.68. The number of nitrogens with one attached hydrogen (secondary N) is 1. The number of carbonyl (C=O) groups excluding carboxylic acids is 2. The van der Waals surface area contributed by atoms with E-state index in [2.05, 4.69) is 10.3 Å². The lowest BCUT2D eigenvalue weighted by Crippen LogP contribution is -2.33. The minimum absolute atomic E-state index is 0.0104. The van der Waals surface area contributed by atoms with Crippen LogP contribution < -0.4 is 16.8 Å². The molecule has 2 rings (SSSR count). The highest BCUT2D eigenvalue weighted by molar-refractivity contribution is 5.85. The Kier molecular flexibility index (Phi) is 9.11. The molecule has 1 aliphatic heterocycles. The average Bonchev–Trinajstić information content (AvgIpc) is 2.99. The Morgan fingerprint density at radius 3 is 2.60 bits per heavy atom. The fourth-order valence-corrected chi connectivity index (χ4v) is 3.69. The van der Waals surface area contributed by atoms with Gasteiger partial charge < -0.3 is 26.8 Å². The minimum Gasteiger partial charge on any atom is -0.481 e. The van der Waals surface area contributed by atoms with E-state index in [9.17, 15) is 19.5 Å². The summed E-state index contributed by atoms with van der Waals surface area (Å²) in [6, 6.07) is 10.0. The molecule has 0 bridgehead atoms. The largest absolute Gasteiger partial charge is 0.481 e. The van der Waals surface area contributed by atoms with Crippen LogP contribution in [0, 0.1) is 11.8 Å². The van der Waals surface area contributed by atoms with E-state index < -0.39 is 11.9 Å². The highest BCUT2D eigenvalue weighted by atomic mass is 16.4. The molecule has 0 saturated carbocycles. The van der Waals surface area contributed by atoms with Gasteiger partial charge in [0.25, 0.3) is 0 Å². The van der Waals surface area contributed by atoms with Crippen molar-refractivity contribution in [1.29, 1.82) is 0 Å². The van der Waals surface area contributed by atoms with Crippen LogP contribution in [-0.2, 0) is 20.8 Å². The number of carbonyl (C=O) groups is 3. The van der Waals surface area contributed by atoms with Gasteiger partial charge in [0.1, 0.15) is 0 Å². The van der Waals surface area contributed by atoms with Crippen molar-refractivity contribution in [3.8, 4) is 0 Å². The van der Waals surface area contributed by atoms with Gasteiger partial charge in [-0.3, -0.25) is 19.4 Å². The smallest absolute Gasteiger partial charge is 0.304 e. The number of benzene rings is 1. The summed E-state index contributed by atoms with van der Waals surface area (Å²) in [6.07, 6.45) is 2.21. The van der Waals surface area contributed by atoms with Gasteiger partial charge in [0.05, 0.1) is 12.3 Å². The molecule has 0 aromatic heterocycles. The quantitative estimate of drug-likeness (QED) is 0.219. The zero-order valence-corrected chi connectivity index (χ0v) is 17.1. The van der Waals surface area contributed by atoms with Crippen LogP contribution in [-0.4, -0.2) is 59.9 Å². The van der Waals surface area contributed by atoms with Crippen LogP contribution in [0.4, 0.5) is 0 Å². The van der Waals surface area contributed by atoms with E-state index in [1.54, 1.807) is 4.90 Å². The molecule has 2 unspecified atom stereocenters. The Labute approximate surface area is 176 Å². The number of aliphatic imine (C=N–C) groups is 1. The molecule has 6 N–H and O–H groups in total. The summed E-state index contributed by atoms with van der Waals surface area (Å²) in [5.74, 6) is -2.15. The minimum atomic E-state index is -1.01. The average molecular weight is 418 g/mol. The molecule has 1 fully saturated rings. The fourth-order valence-electron chi connectivity index (χ4n) is 3.69. The summed E-state index contributed by atoms with van der Waals surface area (Å²) in [7, 11) is 0. The van der Waals surface area contributed by atoms with E-state index in [-0.39, 0.29) is 43.1 Å². The van der Waals surface area contributed by atoms with Crippen molar-refractivity contribution < 1.29 is 19.5 Å². The van der Waals surface area contributed by atoms with Gasteiger partial charge >= 0.3 is 5.97 Å². The Morgan fingerprint density at radius 1 is 1.20 bits per heavy atom. The number of carboxylic acids is 1. The van der Waals surface area contributed by atoms with Crippen LogP contribution in [0.3, 0.4) is 0 Å². The molecular weight excluding hydrogens is 386 g/mol. The van der Waals surface area contributed by atoms with Crippen molar-refractivity contribution in [2.75, 3.05) is 26.2 Å². The number of guanidine groups is 1. The van der Waals surface area contributed by atoms with Gasteiger partial charge in [0, 0.05) is 38.5 Å². The molecule has 1 saturated heterocycles. The van der Waals surface area contributed by atoms with Crippen molar-refractivity contribution in [3.05, 3.63) is 35.9 Å². The molecule has 2 atom stereocenters. The second-order valence-corrected chi connectivity index (χ2v) is 7.55. The Hall–Kier alpha value is -3.10. The maximum absolute atomic E-state index is 12.7. The molecule has 9 nitrogen and oxygen atoms in total. The third kappa shape index (κ3) is 7.73. The summed E-state index contributed by atoms with van der Waals surface area (Å²) in [4.78, 5) is 41.5. The van der Waals surface area contributed by atoms with Crippen molar-refractivity contribution >= 4 is 23.7 Å². The number of rotatable bonds is 12. The van der Waals surface area contributed by atoms with Crippen LogP contribution >= 0.6 is 0 Å². The second-order valence-electron chi connectivity index (χ2n) is 7.55. The van der Waals surface area contributed by atoms with Gasteiger partial charge in [-0.05, 0) is 24.8 Å². The predicted octanol–water partition coefficient (Wildman–Crippen LogP) is 0.338. The second kappa shape index (κ2) is 11.8. The first-order chi connectivity index (χ1) is 14.4. The lowest BCUT2D eigenvalue weighted by Gasteiger charge is -2.17. The van der Waals surface area contributed by atoms with E-state index >= 15 is 0 Å². The van der Waals surface area contributed by atoms with Gasteiger partial charge in [0.15, 0.2) is 5.96 Å². The van der Waals surface area contributed by atoms with Crippen LogP contribution in [0.2, 0.25) is 0 Å². The molecule has 1 heterocycles. The zero-order valence-electron chi connectivity index (χ0n) is 17.1. The molecule has 9 heteroatoms. The molecule has 2 amide bonds. The van der Waals surface area contributed by atoms with E-state index in [0.717, 1.165) is 12.8 Å². The lowest BCUT2D eigenvalue weighted by molar-refractivity contribution is -0.142. The van der Waals surface area contributed by atoms with Crippen molar-refractivity contribution in [3.63, 3.8) is 0 Å². The highest BCUT2D eigenvalue weighted by Crippen LogP contribution is 2.28. The van der Waals surface area contributed by atoms with E-state index in [4.69, 9.17) is 11.5 Å². The number of aliphatic carboxylic acids is 1. The number of likely N-dealkylation sites (tertiary alicyclic amines) is 1. The summed E-state index contributed by atoms with van der Waals surface area (Å²) < 4.78 is 0. The van der Waals surface area contributed by atoms with Crippen molar-refractivity contribution in [2.24, 2.45) is 28.3 Å². The first-order valence-electron chi connectivity index (χ1n) is 10.2. The van der Waals surface area contributed by atoms with E-state index in [0.29, 0.717) is 26.1 Å². The third-order valence-corrected chi connectivity index (χ3v) is 5.20. The number of hydrogen-bond donors (Lipinski definition) is 4. The van der Waals surface area contributed by atoms with Gasteiger partial charge in [-0.2, -0.15) is 0 Å². The summed E-state index contributed by atoms with van der Waals surface area (Å²) >= 11 is 0. The van der Waals surface area contributed by atoms with E-state index in [1.165, 1.54) is 5.56 Å². The molecule has 1 aromatic carbocycles. The van der Waals surface area contributed by atoms with Gasteiger partial charge in [0.2, 0.25) is 11.8 Å². The maximum atomic E-state index is 12.7. The lowest BCUT2D eigenvalue weighted by atomic mass is 9.92. The van der Waals surface area contributed by atoms with Crippen LogP contribution in [0.15, 0.2) is 35.3 Å². The number of aryl methyl sites for hydroxylation is 1. The van der Waals surface area contributed by atoms with Crippen LogP contribution in [0.5, 0.6) is 0 Å². The monoisotopic (exact) mass is 417 g/mol. The molecule has 164 valence electrons. The molecule has 1 aromatic rings. The predicted molar refractivity (Wildman–Crippen MR) is 113 cm³/mol. The number of carboxylic acid groups (broad SMARTS) is 1. The first-order valence-corrected chi connectivity index (χ1v) is 10.2. The van der Waals surface area contributed by atoms with Crippen molar-refractivity contribution in [2.45, 2.75) is 32.1 Å². The maximum Gasteiger partial charge on any atom is 0.304 e. The Balaban J connectivity index is 1.83. The summed E-state index contributed by atoms with van der Waals surface area (Å²) in [5, 5.41) is 12.0. The normalized spacial score (nSPS) is 18.3. The number of nitrogens with zero attached hydrogens (tertiary/aromatic N) is 2. The fraction of sp³-hybridized carbons (Fsp3) is 0.524. The highest BCUT2D eigenvalue weighted by Gasteiger charge is 2.41. The molecule has 0 radical (unpaired) electrons. The Morgan fingerprint density at radius 2 is 1.93 bits per heavy atom. The number of amides is 2. The first kappa shape index (κ1) is 23.2. The third-order valence-electron chi connectivity index (χ3n) is 5.20. The van der Waals surface area contributed by atoms with E-state index in [1.807, 2.05) is 30.3 Å². The number of hydrogen-bond acceptors (Lipinski definition) is 4. The van der Waals surface area contributed by atoms with Gasteiger partial charge in [-0.25, -0.2) is 0 Å². The molecular formula is C21H31N5O4.